The number of anilines is 1. The van der Waals surface area contributed by atoms with Crippen molar-refractivity contribution in [3.8, 4) is 0 Å². The van der Waals surface area contributed by atoms with Crippen molar-refractivity contribution < 1.29 is 22.8 Å². The van der Waals surface area contributed by atoms with Crippen molar-refractivity contribution in [3.05, 3.63) is 94.8 Å². The molecule has 0 aliphatic carbocycles. The zero-order valence-electron chi connectivity index (χ0n) is 16.5. The smallest absolute Gasteiger partial charge is 0.378 e. The summed E-state index contributed by atoms with van der Waals surface area (Å²) in [5.41, 5.74) is 7.62. The zero-order chi connectivity index (χ0) is 22.9. The van der Waals surface area contributed by atoms with E-state index < -0.39 is 23.7 Å². The maximum Gasteiger partial charge on any atom is 0.416 e. The third-order valence-electron chi connectivity index (χ3n) is 4.92. The van der Waals surface area contributed by atoms with Crippen LogP contribution in [0.15, 0.2) is 78.2 Å². The minimum atomic E-state index is -4.43. The molecule has 2 atom stereocenters. The van der Waals surface area contributed by atoms with Gasteiger partial charge in [0, 0.05) is 23.0 Å². The zero-order valence-corrected chi connectivity index (χ0v) is 17.5. The summed E-state index contributed by atoms with van der Waals surface area (Å²) in [4.78, 5) is 23.7. The maximum absolute atomic E-state index is 12.7. The number of hydrogen-bond acceptors (Lipinski definition) is 3. The number of hydrogen-bond donors (Lipinski definition) is 4. The quantitative estimate of drug-likeness (QED) is 0.513. The van der Waals surface area contributed by atoms with Crippen molar-refractivity contribution in [1.82, 2.24) is 10.6 Å². The minimum absolute atomic E-state index is 0.0337. The van der Waals surface area contributed by atoms with Crippen LogP contribution in [0, 0.1) is 0 Å². The lowest BCUT2D eigenvalue weighted by Crippen LogP contribution is -2.29. The Morgan fingerprint density at radius 3 is 2.47 bits per heavy atom. The molecule has 3 amide bonds. The van der Waals surface area contributed by atoms with Crippen LogP contribution in [0.1, 0.15) is 21.5 Å². The second kappa shape index (κ2) is 8.51. The number of nitrogens with one attached hydrogen (secondary N) is 3. The van der Waals surface area contributed by atoms with Gasteiger partial charge in [-0.1, -0.05) is 32.9 Å². The predicted octanol–water partition coefficient (Wildman–Crippen LogP) is 4.36. The Balaban J connectivity index is 1.42. The van der Waals surface area contributed by atoms with E-state index in [0.717, 1.165) is 28.6 Å². The van der Waals surface area contributed by atoms with Crippen LogP contribution in [0.5, 0.6) is 0 Å². The second-order valence-corrected chi connectivity index (χ2v) is 8.51. The summed E-state index contributed by atoms with van der Waals surface area (Å²) in [7, 11) is 0.342. The number of fused-ring (bicyclic) bond motifs is 1. The second-order valence-electron chi connectivity index (χ2n) is 7.10. The molecule has 0 saturated carbocycles. The fourth-order valence-corrected chi connectivity index (χ4v) is 4.72. The number of allylic oxidation sites excluding steroid dienone is 2. The molecule has 2 aromatic rings. The monoisotopic (exact) mass is 458 g/mol. The summed E-state index contributed by atoms with van der Waals surface area (Å²) in [6.07, 6.45) is 1.07. The standard InChI is InChI=1S/C22H18F3N4O2P/c23-22(24,25)14-4-6-15(7-5-14)28-21(31)29-17-11-27-20-16(17)8-9-18(32-20)12-2-1-3-13(10-12)19(26)30/h1-11,20,27,32H,(H2,26,30)(H2,28,29,31). The largest absolute Gasteiger partial charge is 0.416 e. The van der Waals surface area contributed by atoms with E-state index in [9.17, 15) is 22.8 Å². The van der Waals surface area contributed by atoms with E-state index in [0.29, 0.717) is 19.8 Å². The third-order valence-corrected chi connectivity index (χ3v) is 6.45. The van der Waals surface area contributed by atoms with Gasteiger partial charge in [0.2, 0.25) is 5.91 Å². The Morgan fingerprint density at radius 2 is 1.78 bits per heavy atom. The summed E-state index contributed by atoms with van der Waals surface area (Å²) in [6.45, 7) is 0. The number of carbonyl (C=O) groups excluding carboxylic acids is 2. The number of halogens is 3. The van der Waals surface area contributed by atoms with Crippen LogP contribution in [0.2, 0.25) is 0 Å². The summed E-state index contributed by atoms with van der Waals surface area (Å²) in [5, 5.41) is 9.51. The molecule has 2 heterocycles. The van der Waals surface area contributed by atoms with Gasteiger partial charge in [-0.15, -0.1) is 0 Å². The number of benzene rings is 2. The highest BCUT2D eigenvalue weighted by Gasteiger charge is 2.30. The number of nitrogens with two attached hydrogens (primary N) is 1. The average Bonchev–Trinajstić information content (AvgIpc) is 3.15. The van der Waals surface area contributed by atoms with E-state index in [1.54, 1.807) is 24.4 Å². The first-order valence-electron chi connectivity index (χ1n) is 9.51. The summed E-state index contributed by atoms with van der Waals surface area (Å²) in [6, 6.07) is 10.7. The molecule has 2 aliphatic rings. The Morgan fingerprint density at radius 1 is 1.03 bits per heavy atom. The van der Waals surface area contributed by atoms with Crippen LogP contribution < -0.4 is 21.7 Å². The average molecular weight is 458 g/mol. The topological polar surface area (TPSA) is 96.2 Å². The first-order valence-corrected chi connectivity index (χ1v) is 10.6. The molecule has 32 heavy (non-hydrogen) atoms. The number of alkyl halides is 3. The molecule has 6 nitrogen and oxygen atoms in total. The van der Waals surface area contributed by atoms with E-state index in [1.807, 2.05) is 18.2 Å². The van der Waals surface area contributed by atoms with Gasteiger partial charge < -0.3 is 21.7 Å². The maximum atomic E-state index is 12.7. The molecule has 5 N–H and O–H groups in total. The molecule has 2 aliphatic heterocycles. The highest BCUT2D eigenvalue weighted by molar-refractivity contribution is 7.51. The first kappa shape index (κ1) is 21.6. The molecule has 164 valence electrons. The van der Waals surface area contributed by atoms with Crippen LogP contribution in [-0.2, 0) is 6.18 Å². The number of urea groups is 1. The van der Waals surface area contributed by atoms with Crippen molar-refractivity contribution >= 4 is 31.5 Å². The van der Waals surface area contributed by atoms with Crippen molar-refractivity contribution in [2.75, 3.05) is 5.32 Å². The molecule has 0 fully saturated rings. The van der Waals surface area contributed by atoms with Gasteiger partial charge >= 0.3 is 12.2 Å². The highest BCUT2D eigenvalue weighted by Crippen LogP contribution is 2.45. The molecule has 0 bridgehead atoms. The van der Waals surface area contributed by atoms with Crippen LogP contribution in [0.4, 0.5) is 23.7 Å². The molecule has 2 aromatic carbocycles. The van der Waals surface area contributed by atoms with Crippen molar-refractivity contribution in [2.45, 2.75) is 12.0 Å². The highest BCUT2D eigenvalue weighted by atomic mass is 31.1. The molecule has 0 saturated heterocycles. The van der Waals surface area contributed by atoms with E-state index in [2.05, 4.69) is 16.0 Å². The summed E-state index contributed by atoms with van der Waals surface area (Å²) >= 11 is 0. The fourth-order valence-electron chi connectivity index (χ4n) is 3.33. The lowest BCUT2D eigenvalue weighted by atomic mass is 10.1. The Bertz CT molecular complexity index is 1170. The van der Waals surface area contributed by atoms with Gasteiger partial charge in [0.15, 0.2) is 0 Å². The first-order chi connectivity index (χ1) is 15.2. The lowest BCUT2D eigenvalue weighted by Gasteiger charge is -2.22. The molecule has 2 unspecified atom stereocenters. The van der Waals surface area contributed by atoms with Gasteiger partial charge in [-0.2, -0.15) is 13.2 Å². The predicted molar refractivity (Wildman–Crippen MR) is 118 cm³/mol. The van der Waals surface area contributed by atoms with Crippen LogP contribution in [0.25, 0.3) is 5.31 Å². The number of carbonyl (C=O) groups is 2. The molecular weight excluding hydrogens is 440 g/mol. The Hall–Kier alpha value is -3.58. The van der Waals surface area contributed by atoms with Gasteiger partial charge in [0.25, 0.3) is 0 Å². The van der Waals surface area contributed by atoms with Crippen molar-refractivity contribution in [2.24, 2.45) is 5.73 Å². The molecular formula is C22H18F3N4O2P. The van der Waals surface area contributed by atoms with E-state index in [1.165, 1.54) is 12.1 Å². The van der Waals surface area contributed by atoms with Gasteiger partial charge in [0.05, 0.1) is 17.0 Å². The van der Waals surface area contributed by atoms with Gasteiger partial charge in [-0.25, -0.2) is 4.79 Å². The SMILES string of the molecule is NC(=O)c1cccc(C2=CC=C3C(NC(=O)Nc4ccc(C(F)(F)F)cc4)=CNC3P2)c1. The van der Waals surface area contributed by atoms with Gasteiger partial charge in [0.1, 0.15) is 0 Å². The molecule has 4 rings (SSSR count). The summed E-state index contributed by atoms with van der Waals surface area (Å²) in [5.74, 6) is -0.525. The van der Waals surface area contributed by atoms with Crippen molar-refractivity contribution in [3.63, 3.8) is 0 Å². The molecule has 0 aromatic heterocycles. The minimum Gasteiger partial charge on any atom is -0.378 e. The molecule has 0 spiro atoms. The molecule has 0 radical (unpaired) electrons. The number of primary amides is 1. The van der Waals surface area contributed by atoms with E-state index >= 15 is 0 Å². The van der Waals surface area contributed by atoms with Crippen LogP contribution in [-0.4, -0.2) is 17.7 Å². The van der Waals surface area contributed by atoms with Crippen LogP contribution in [0.3, 0.4) is 0 Å². The normalized spacial score (nSPS) is 18.1. The van der Waals surface area contributed by atoms with E-state index in [-0.39, 0.29) is 11.5 Å². The van der Waals surface area contributed by atoms with Gasteiger partial charge in [-0.05, 0) is 47.3 Å². The Kier molecular flexibility index (Phi) is 5.76. The fraction of sp³-hybridized carbons (Fsp3) is 0.0909. The molecule has 10 heteroatoms. The van der Waals surface area contributed by atoms with Crippen LogP contribution >= 0.6 is 8.58 Å². The van der Waals surface area contributed by atoms with Gasteiger partial charge in [-0.3, -0.25) is 4.79 Å². The van der Waals surface area contributed by atoms with E-state index in [4.69, 9.17) is 5.73 Å². The Labute approximate surface area is 183 Å². The summed E-state index contributed by atoms with van der Waals surface area (Å²) < 4.78 is 38.0. The number of rotatable bonds is 4. The third kappa shape index (κ3) is 4.68. The number of amides is 3. The lowest BCUT2D eigenvalue weighted by molar-refractivity contribution is -0.137. The van der Waals surface area contributed by atoms with Crippen molar-refractivity contribution in [1.29, 1.82) is 0 Å².